The van der Waals surface area contributed by atoms with E-state index < -0.39 is 23.2 Å². The van der Waals surface area contributed by atoms with E-state index in [9.17, 15) is 19.5 Å². The topological polar surface area (TPSA) is 115 Å². The van der Waals surface area contributed by atoms with E-state index in [1.165, 1.54) is 0 Å². The van der Waals surface area contributed by atoms with Crippen molar-refractivity contribution in [1.82, 2.24) is 15.3 Å². The number of rotatable bonds is 5. The van der Waals surface area contributed by atoms with Gasteiger partial charge in [-0.05, 0) is 5.56 Å². The van der Waals surface area contributed by atoms with Crippen molar-refractivity contribution in [3.63, 3.8) is 0 Å². The minimum Gasteiger partial charge on any atom is -0.394 e. The minimum absolute atomic E-state index is 0.150. The second-order valence-electron chi connectivity index (χ2n) is 4.50. The Hall–Kier alpha value is -2.67. The number of aliphatic hydroxyl groups excluding tert-OH is 1. The first kappa shape index (κ1) is 14.7. The molecule has 1 aromatic carbocycles. The molecule has 0 aliphatic rings. The van der Waals surface area contributed by atoms with E-state index in [-0.39, 0.29) is 18.7 Å². The number of aromatic amines is 2. The Morgan fingerprint density at radius 2 is 1.90 bits per heavy atom. The molecule has 1 aromatic heterocycles. The summed E-state index contributed by atoms with van der Waals surface area (Å²) in [4.78, 5) is 38.6. The fourth-order valence-electron chi connectivity index (χ4n) is 1.95. The molecule has 1 atom stereocenters. The van der Waals surface area contributed by atoms with E-state index in [0.29, 0.717) is 0 Å². The number of amides is 1. The zero-order valence-corrected chi connectivity index (χ0v) is 11.1. The Kier molecular flexibility index (Phi) is 4.68. The van der Waals surface area contributed by atoms with Crippen LogP contribution in [-0.4, -0.2) is 27.6 Å². The van der Waals surface area contributed by atoms with Gasteiger partial charge in [0.2, 0.25) is 5.91 Å². The minimum atomic E-state index is -0.660. The van der Waals surface area contributed by atoms with Crippen LogP contribution in [0.1, 0.15) is 17.3 Å². The van der Waals surface area contributed by atoms with Gasteiger partial charge in [0.15, 0.2) is 0 Å². The maximum atomic E-state index is 11.9. The smallest absolute Gasteiger partial charge is 0.325 e. The highest BCUT2D eigenvalue weighted by atomic mass is 16.3. The molecule has 110 valence electrons. The van der Waals surface area contributed by atoms with Crippen LogP contribution in [0.4, 0.5) is 0 Å². The Morgan fingerprint density at radius 3 is 2.52 bits per heavy atom. The molecule has 2 aromatic rings. The van der Waals surface area contributed by atoms with Gasteiger partial charge in [-0.1, -0.05) is 30.3 Å². The summed E-state index contributed by atoms with van der Waals surface area (Å²) >= 11 is 0. The molecule has 21 heavy (non-hydrogen) atoms. The fourth-order valence-corrected chi connectivity index (χ4v) is 1.95. The van der Waals surface area contributed by atoms with Crippen molar-refractivity contribution in [2.75, 3.05) is 6.61 Å². The van der Waals surface area contributed by atoms with Crippen molar-refractivity contribution < 1.29 is 9.90 Å². The standard InChI is InChI=1S/C14H15N3O4/c18-8-11(9-4-2-1-3-5-9)16-12(19)6-10-7-13(20)17-14(21)15-10/h1-5,7,11,18H,6,8H2,(H,16,19)(H2,15,17,20,21)/t11-/m0/s1. The first-order valence-corrected chi connectivity index (χ1v) is 6.36. The van der Waals surface area contributed by atoms with Gasteiger partial charge in [-0.25, -0.2) is 4.79 Å². The van der Waals surface area contributed by atoms with Crippen molar-refractivity contribution in [2.45, 2.75) is 12.5 Å². The van der Waals surface area contributed by atoms with Gasteiger partial charge >= 0.3 is 5.69 Å². The molecule has 4 N–H and O–H groups in total. The zero-order valence-electron chi connectivity index (χ0n) is 11.1. The molecule has 0 aliphatic heterocycles. The van der Waals surface area contributed by atoms with Gasteiger partial charge < -0.3 is 15.4 Å². The Morgan fingerprint density at radius 1 is 1.19 bits per heavy atom. The number of carbonyl (C=O) groups excluding carboxylic acids is 1. The maximum absolute atomic E-state index is 11.9. The summed E-state index contributed by atoms with van der Waals surface area (Å²) in [6, 6.07) is 9.63. The van der Waals surface area contributed by atoms with Crippen molar-refractivity contribution >= 4 is 5.91 Å². The van der Waals surface area contributed by atoms with Crippen molar-refractivity contribution in [2.24, 2.45) is 0 Å². The summed E-state index contributed by atoms with van der Waals surface area (Å²) < 4.78 is 0. The van der Waals surface area contributed by atoms with E-state index in [0.717, 1.165) is 11.6 Å². The molecule has 1 heterocycles. The monoisotopic (exact) mass is 289 g/mol. The number of hydrogen-bond acceptors (Lipinski definition) is 4. The lowest BCUT2D eigenvalue weighted by Crippen LogP contribution is -2.33. The Bertz CT molecular complexity index is 692. The average Bonchev–Trinajstić information content (AvgIpc) is 2.44. The molecular weight excluding hydrogens is 274 g/mol. The highest BCUT2D eigenvalue weighted by molar-refractivity contribution is 5.78. The third kappa shape index (κ3) is 4.15. The predicted molar refractivity (Wildman–Crippen MR) is 75.8 cm³/mol. The quantitative estimate of drug-likeness (QED) is 0.591. The number of nitrogens with one attached hydrogen (secondary N) is 3. The second-order valence-corrected chi connectivity index (χ2v) is 4.50. The summed E-state index contributed by atoms with van der Waals surface area (Å²) in [5.41, 5.74) is -0.242. The van der Waals surface area contributed by atoms with E-state index >= 15 is 0 Å². The molecule has 0 unspecified atom stereocenters. The molecule has 0 spiro atoms. The lowest BCUT2D eigenvalue weighted by atomic mass is 10.1. The van der Waals surface area contributed by atoms with Crippen molar-refractivity contribution in [1.29, 1.82) is 0 Å². The number of benzene rings is 1. The van der Waals surface area contributed by atoms with Gasteiger partial charge in [0, 0.05) is 11.8 Å². The van der Waals surface area contributed by atoms with E-state index in [2.05, 4.69) is 10.3 Å². The average molecular weight is 289 g/mol. The summed E-state index contributed by atoms with van der Waals surface area (Å²) in [6.45, 7) is -0.248. The SMILES string of the molecule is O=C(Cc1cc(=O)[nH]c(=O)[nH]1)N[C@@H](CO)c1ccccc1. The lowest BCUT2D eigenvalue weighted by molar-refractivity contribution is -0.121. The molecule has 2 rings (SSSR count). The molecule has 0 radical (unpaired) electrons. The van der Waals surface area contributed by atoms with Crippen LogP contribution < -0.4 is 16.6 Å². The summed E-state index contributed by atoms with van der Waals surface area (Å²) in [5.74, 6) is -0.404. The van der Waals surface area contributed by atoms with Crippen LogP contribution in [0.3, 0.4) is 0 Å². The van der Waals surface area contributed by atoms with Crippen LogP contribution in [0, 0.1) is 0 Å². The number of carbonyl (C=O) groups is 1. The molecule has 0 saturated carbocycles. The largest absolute Gasteiger partial charge is 0.394 e. The van der Waals surface area contributed by atoms with Crippen molar-refractivity contribution in [3.05, 3.63) is 68.5 Å². The summed E-state index contributed by atoms with van der Waals surface area (Å²) in [7, 11) is 0. The lowest BCUT2D eigenvalue weighted by Gasteiger charge is -2.16. The van der Waals surface area contributed by atoms with Gasteiger partial charge in [-0.3, -0.25) is 14.6 Å². The van der Waals surface area contributed by atoms with Crippen LogP contribution in [0.15, 0.2) is 46.0 Å². The molecule has 0 bridgehead atoms. The molecule has 1 amide bonds. The molecule has 0 fully saturated rings. The summed E-state index contributed by atoms with van der Waals surface area (Å²) in [5, 5.41) is 12.0. The van der Waals surface area contributed by atoms with Crippen LogP contribution >= 0.6 is 0 Å². The Labute approximate surface area is 119 Å². The van der Waals surface area contributed by atoms with E-state index in [1.54, 1.807) is 24.3 Å². The van der Waals surface area contributed by atoms with Crippen molar-refractivity contribution in [3.8, 4) is 0 Å². The zero-order chi connectivity index (χ0) is 15.2. The van der Waals surface area contributed by atoms with Gasteiger partial charge in [0.1, 0.15) is 0 Å². The number of hydrogen-bond donors (Lipinski definition) is 4. The third-order valence-electron chi connectivity index (χ3n) is 2.89. The predicted octanol–water partition coefficient (Wildman–Crippen LogP) is -0.544. The normalized spacial score (nSPS) is 11.9. The third-order valence-corrected chi connectivity index (χ3v) is 2.89. The van der Waals surface area contributed by atoms with Crippen LogP contribution in [0.2, 0.25) is 0 Å². The van der Waals surface area contributed by atoms with Gasteiger partial charge in [0.25, 0.3) is 5.56 Å². The van der Waals surface area contributed by atoms with Crippen LogP contribution in [0.25, 0.3) is 0 Å². The highest BCUT2D eigenvalue weighted by Crippen LogP contribution is 2.11. The molecular formula is C14H15N3O4. The number of aromatic nitrogens is 2. The molecule has 7 nitrogen and oxygen atoms in total. The summed E-state index contributed by atoms with van der Waals surface area (Å²) in [6.07, 6.45) is -0.150. The molecule has 0 aliphatic carbocycles. The molecule has 7 heteroatoms. The Balaban J connectivity index is 2.06. The van der Waals surface area contributed by atoms with Crippen LogP contribution in [-0.2, 0) is 11.2 Å². The maximum Gasteiger partial charge on any atom is 0.325 e. The van der Waals surface area contributed by atoms with Gasteiger partial charge in [0.05, 0.1) is 19.1 Å². The molecule has 0 saturated heterocycles. The first-order valence-electron chi connectivity index (χ1n) is 6.36. The highest BCUT2D eigenvalue weighted by Gasteiger charge is 2.14. The second kappa shape index (κ2) is 6.67. The van der Waals surface area contributed by atoms with Crippen LogP contribution in [0.5, 0.6) is 0 Å². The van der Waals surface area contributed by atoms with Gasteiger partial charge in [-0.15, -0.1) is 0 Å². The first-order chi connectivity index (χ1) is 10.1. The number of H-pyrrole nitrogens is 2. The fraction of sp³-hybridized carbons (Fsp3) is 0.214. The van der Waals surface area contributed by atoms with E-state index in [4.69, 9.17) is 0 Å². The van der Waals surface area contributed by atoms with Gasteiger partial charge in [-0.2, -0.15) is 0 Å². The van der Waals surface area contributed by atoms with E-state index in [1.807, 2.05) is 11.1 Å². The number of aliphatic hydroxyl groups is 1.